The van der Waals surface area contributed by atoms with Gasteiger partial charge in [-0.2, -0.15) is 0 Å². The van der Waals surface area contributed by atoms with Crippen molar-refractivity contribution < 1.29 is 14.3 Å². The van der Waals surface area contributed by atoms with E-state index in [0.717, 1.165) is 0 Å². The van der Waals surface area contributed by atoms with Crippen molar-refractivity contribution in [3.8, 4) is 5.75 Å². The maximum absolute atomic E-state index is 12.0. The molecular weight excluding hydrogens is 258 g/mol. The van der Waals surface area contributed by atoms with E-state index in [4.69, 9.17) is 4.42 Å². The minimum Gasteiger partial charge on any atom is -0.507 e. The molecule has 0 unspecified atom stereocenters. The third-order valence-corrected chi connectivity index (χ3v) is 2.86. The molecule has 0 saturated heterocycles. The molecule has 0 aliphatic carbocycles. The molecule has 1 N–H and O–H groups in total. The van der Waals surface area contributed by atoms with E-state index in [1.165, 1.54) is 24.3 Å². The van der Waals surface area contributed by atoms with Gasteiger partial charge >= 0.3 is 5.63 Å². The van der Waals surface area contributed by atoms with Crippen LogP contribution in [-0.4, -0.2) is 29.9 Å². The highest BCUT2D eigenvalue weighted by atomic mass is 16.4. The summed E-state index contributed by atoms with van der Waals surface area (Å²) < 4.78 is 5.00. The molecule has 0 amide bonds. The average Bonchev–Trinajstić information content (AvgIpc) is 2.34. The number of carbonyl (C=O) groups excluding carboxylic acids is 1. The first-order chi connectivity index (χ1) is 9.38. The first kappa shape index (κ1) is 13.9. The molecule has 0 radical (unpaired) electrons. The van der Waals surface area contributed by atoms with E-state index in [1.807, 2.05) is 0 Å². The second-order valence-corrected chi connectivity index (χ2v) is 4.76. The lowest BCUT2D eigenvalue weighted by Gasteiger charge is -2.06. The molecule has 0 fully saturated rings. The normalized spacial score (nSPS) is 11.2. The second-order valence-electron chi connectivity index (χ2n) is 4.76. The van der Waals surface area contributed by atoms with E-state index in [9.17, 15) is 14.7 Å². The summed E-state index contributed by atoms with van der Waals surface area (Å²) in [6.45, 7) is 1.75. The molecular formula is C15H15NO4. The fourth-order valence-electron chi connectivity index (χ4n) is 1.86. The number of benzene rings is 1. The molecule has 0 aliphatic rings. The Morgan fingerprint density at radius 3 is 2.65 bits per heavy atom. The zero-order valence-electron chi connectivity index (χ0n) is 11.5. The molecule has 0 aliphatic heterocycles. The van der Waals surface area contributed by atoms with Crippen LogP contribution in [-0.2, 0) is 0 Å². The molecule has 5 heteroatoms. The van der Waals surface area contributed by atoms with Gasteiger partial charge in [-0.1, -0.05) is 0 Å². The van der Waals surface area contributed by atoms with Gasteiger partial charge in [0, 0.05) is 43.9 Å². The molecule has 0 atom stereocenters. The molecule has 1 aromatic carbocycles. The second kappa shape index (κ2) is 5.21. The molecule has 0 spiro atoms. The number of hydrogen-bond acceptors (Lipinski definition) is 5. The molecule has 2 rings (SSSR count). The maximum Gasteiger partial charge on any atom is 0.336 e. The van der Waals surface area contributed by atoms with E-state index in [-0.39, 0.29) is 22.7 Å². The van der Waals surface area contributed by atoms with Crippen LogP contribution in [0.2, 0.25) is 0 Å². The third kappa shape index (κ3) is 2.71. The van der Waals surface area contributed by atoms with Gasteiger partial charge < -0.3 is 14.4 Å². The largest absolute Gasteiger partial charge is 0.507 e. The number of phenolic OH excluding ortho intramolecular Hbond substituents is 1. The lowest BCUT2D eigenvalue weighted by molar-refractivity contribution is 0.104. The van der Waals surface area contributed by atoms with Crippen molar-refractivity contribution in [1.82, 2.24) is 4.90 Å². The topological polar surface area (TPSA) is 70.7 Å². The number of fused-ring (bicyclic) bond motifs is 1. The summed E-state index contributed by atoms with van der Waals surface area (Å²) in [6.07, 6.45) is 2.97. The fraction of sp³-hybridized carbons (Fsp3) is 0.200. The number of nitrogens with zero attached hydrogens (tertiary/aromatic N) is 1. The average molecular weight is 273 g/mol. The van der Waals surface area contributed by atoms with Gasteiger partial charge in [-0.25, -0.2) is 4.79 Å². The first-order valence-corrected chi connectivity index (χ1v) is 6.05. The molecule has 0 bridgehead atoms. The van der Waals surface area contributed by atoms with Crippen LogP contribution < -0.4 is 5.63 Å². The van der Waals surface area contributed by atoms with Gasteiger partial charge in [-0.05, 0) is 18.6 Å². The summed E-state index contributed by atoms with van der Waals surface area (Å²) in [5.74, 6) is -0.525. The van der Waals surface area contributed by atoms with Gasteiger partial charge in [0.25, 0.3) is 0 Å². The van der Waals surface area contributed by atoms with Crippen LogP contribution in [0.3, 0.4) is 0 Å². The zero-order valence-corrected chi connectivity index (χ0v) is 11.5. The van der Waals surface area contributed by atoms with Crippen molar-refractivity contribution >= 4 is 16.8 Å². The quantitative estimate of drug-likeness (QED) is 0.526. The van der Waals surface area contributed by atoms with Crippen LogP contribution >= 0.6 is 0 Å². The Morgan fingerprint density at radius 2 is 2.00 bits per heavy atom. The van der Waals surface area contributed by atoms with Crippen molar-refractivity contribution in [3.05, 3.63) is 52.0 Å². The van der Waals surface area contributed by atoms with Crippen LogP contribution in [0.25, 0.3) is 11.0 Å². The standard InChI is InChI=1S/C15H15NO4/c1-9-6-15(19)20-14-8-13(18)11(7-10(9)14)12(17)4-5-16(2)3/h4-8,18H,1-3H3/b5-4-. The number of carbonyl (C=O) groups is 1. The van der Waals surface area contributed by atoms with Crippen molar-refractivity contribution in [1.29, 1.82) is 0 Å². The van der Waals surface area contributed by atoms with Crippen LogP contribution in [0.15, 0.2) is 39.7 Å². The molecule has 2 aromatic rings. The first-order valence-electron chi connectivity index (χ1n) is 6.05. The number of phenols is 1. The molecule has 20 heavy (non-hydrogen) atoms. The highest BCUT2D eigenvalue weighted by molar-refractivity contribution is 6.08. The van der Waals surface area contributed by atoms with Crippen molar-refractivity contribution in [2.24, 2.45) is 0 Å². The SMILES string of the molecule is Cc1cc(=O)oc2cc(O)c(C(=O)/C=C\N(C)C)cc12. The van der Waals surface area contributed by atoms with Crippen molar-refractivity contribution in [2.45, 2.75) is 6.92 Å². The summed E-state index contributed by atoms with van der Waals surface area (Å²) in [5, 5.41) is 10.5. The molecule has 104 valence electrons. The monoisotopic (exact) mass is 273 g/mol. The van der Waals surface area contributed by atoms with Crippen LogP contribution in [0, 0.1) is 6.92 Å². The Hall–Kier alpha value is -2.56. The molecule has 1 aromatic heterocycles. The molecule has 1 heterocycles. The lowest BCUT2D eigenvalue weighted by Crippen LogP contribution is -2.04. The Balaban J connectivity index is 2.58. The zero-order chi connectivity index (χ0) is 14.9. The summed E-state index contributed by atoms with van der Waals surface area (Å²) >= 11 is 0. The van der Waals surface area contributed by atoms with Crippen LogP contribution in [0.4, 0.5) is 0 Å². The Kier molecular flexibility index (Phi) is 3.61. The molecule has 5 nitrogen and oxygen atoms in total. The van der Waals surface area contributed by atoms with Crippen LogP contribution in [0.1, 0.15) is 15.9 Å². The number of hydrogen-bond donors (Lipinski definition) is 1. The smallest absolute Gasteiger partial charge is 0.336 e. The summed E-state index contributed by atoms with van der Waals surface area (Å²) in [6, 6.07) is 4.18. The van der Waals surface area contributed by atoms with Gasteiger partial charge in [0.05, 0.1) is 5.56 Å². The van der Waals surface area contributed by atoms with E-state index in [2.05, 4.69) is 0 Å². The van der Waals surface area contributed by atoms with Crippen LogP contribution in [0.5, 0.6) is 5.75 Å². The van der Waals surface area contributed by atoms with Gasteiger partial charge in [0.15, 0.2) is 5.78 Å². The number of rotatable bonds is 3. The highest BCUT2D eigenvalue weighted by Gasteiger charge is 2.13. The van der Waals surface area contributed by atoms with E-state index in [1.54, 1.807) is 32.1 Å². The van der Waals surface area contributed by atoms with E-state index in [0.29, 0.717) is 10.9 Å². The summed E-state index contributed by atoms with van der Waals surface area (Å²) in [5.41, 5.74) is 0.649. The van der Waals surface area contributed by atoms with Crippen molar-refractivity contribution in [2.75, 3.05) is 14.1 Å². The molecule has 0 saturated carbocycles. The predicted molar refractivity (Wildman–Crippen MR) is 76.0 cm³/mol. The maximum atomic E-state index is 12.0. The van der Waals surface area contributed by atoms with Crippen molar-refractivity contribution in [3.63, 3.8) is 0 Å². The Morgan fingerprint density at radius 1 is 1.30 bits per heavy atom. The number of ketones is 1. The number of allylic oxidation sites excluding steroid dienone is 1. The predicted octanol–water partition coefficient (Wildman–Crippen LogP) is 2.07. The van der Waals surface area contributed by atoms with Gasteiger partial charge in [0.1, 0.15) is 11.3 Å². The summed E-state index contributed by atoms with van der Waals surface area (Å²) in [7, 11) is 3.59. The fourth-order valence-corrected chi connectivity index (χ4v) is 1.86. The lowest BCUT2D eigenvalue weighted by atomic mass is 10.0. The summed E-state index contributed by atoms with van der Waals surface area (Å²) in [4.78, 5) is 25.0. The minimum absolute atomic E-state index is 0.174. The van der Waals surface area contributed by atoms with Gasteiger partial charge in [0.2, 0.25) is 0 Å². The Labute approximate surface area is 115 Å². The van der Waals surface area contributed by atoms with E-state index >= 15 is 0 Å². The third-order valence-electron chi connectivity index (χ3n) is 2.86. The van der Waals surface area contributed by atoms with Gasteiger partial charge in [-0.3, -0.25) is 4.79 Å². The highest BCUT2D eigenvalue weighted by Crippen LogP contribution is 2.26. The van der Waals surface area contributed by atoms with Gasteiger partial charge in [-0.15, -0.1) is 0 Å². The number of aryl methyl sites for hydroxylation is 1. The minimum atomic E-state index is -0.485. The van der Waals surface area contributed by atoms with E-state index < -0.39 is 5.63 Å². The number of aromatic hydroxyl groups is 1. The Bertz CT molecular complexity index is 756.